The summed E-state index contributed by atoms with van der Waals surface area (Å²) in [6, 6.07) is 7.78. The Balaban J connectivity index is 1.98. The molecule has 2 N–H and O–H groups in total. The van der Waals surface area contributed by atoms with E-state index in [0.717, 1.165) is 16.7 Å². The Bertz CT molecular complexity index is 674. The molecule has 5 nitrogen and oxygen atoms in total. The standard InChI is InChI=1S/C18H26N2O3/c1-13(21)10-18(2,3)12-19-17(22)11-20-8-7-14-9-15(23-4)5-6-16(14)20/h5-9,13,21H,10-12H2,1-4H3,(H,19,22). The Morgan fingerprint density at radius 2 is 2.13 bits per heavy atom. The highest BCUT2D eigenvalue weighted by molar-refractivity contribution is 5.84. The van der Waals surface area contributed by atoms with E-state index >= 15 is 0 Å². The van der Waals surface area contributed by atoms with Crippen LogP contribution in [0.2, 0.25) is 0 Å². The average molecular weight is 318 g/mol. The van der Waals surface area contributed by atoms with E-state index in [1.807, 2.05) is 48.9 Å². The van der Waals surface area contributed by atoms with Gasteiger partial charge >= 0.3 is 0 Å². The third-order valence-corrected chi connectivity index (χ3v) is 3.90. The number of fused-ring (bicyclic) bond motifs is 1. The maximum Gasteiger partial charge on any atom is 0.239 e. The summed E-state index contributed by atoms with van der Waals surface area (Å²) in [6.45, 7) is 6.67. The largest absolute Gasteiger partial charge is 0.497 e. The minimum Gasteiger partial charge on any atom is -0.497 e. The Kier molecular flexibility index (Phi) is 5.31. The van der Waals surface area contributed by atoms with Crippen molar-refractivity contribution in [1.29, 1.82) is 0 Å². The highest BCUT2D eigenvalue weighted by Crippen LogP contribution is 2.22. The van der Waals surface area contributed by atoms with Gasteiger partial charge in [0.2, 0.25) is 5.91 Å². The number of aliphatic hydroxyl groups excluding tert-OH is 1. The monoisotopic (exact) mass is 318 g/mol. The SMILES string of the molecule is COc1ccc2c(ccn2CC(=O)NCC(C)(C)CC(C)O)c1. The molecule has 0 fully saturated rings. The van der Waals surface area contributed by atoms with E-state index in [1.165, 1.54) is 0 Å². The zero-order valence-electron chi connectivity index (χ0n) is 14.3. The number of amides is 1. The first kappa shape index (κ1) is 17.3. The summed E-state index contributed by atoms with van der Waals surface area (Å²) in [7, 11) is 1.64. The highest BCUT2D eigenvalue weighted by atomic mass is 16.5. The van der Waals surface area contributed by atoms with Gasteiger partial charge in [0.05, 0.1) is 13.2 Å². The molecule has 0 bridgehead atoms. The van der Waals surface area contributed by atoms with Crippen LogP contribution >= 0.6 is 0 Å². The minimum atomic E-state index is -0.370. The summed E-state index contributed by atoms with van der Waals surface area (Å²) in [6.07, 6.45) is 2.19. The van der Waals surface area contributed by atoms with Gasteiger partial charge in [-0.05, 0) is 43.0 Å². The number of carbonyl (C=O) groups excluding carboxylic acids is 1. The fourth-order valence-corrected chi connectivity index (χ4v) is 2.86. The van der Waals surface area contributed by atoms with Gasteiger partial charge in [0.25, 0.3) is 0 Å². The molecule has 2 aromatic rings. The summed E-state index contributed by atoms with van der Waals surface area (Å²) in [5.41, 5.74) is 0.875. The molecular weight excluding hydrogens is 292 g/mol. The minimum absolute atomic E-state index is 0.0306. The van der Waals surface area contributed by atoms with Crippen LogP contribution in [0.25, 0.3) is 10.9 Å². The third kappa shape index (κ3) is 4.73. The quantitative estimate of drug-likeness (QED) is 0.825. The summed E-state index contributed by atoms with van der Waals surface area (Å²) in [5, 5.41) is 13.5. The number of rotatable bonds is 7. The Morgan fingerprint density at radius 1 is 1.39 bits per heavy atom. The second-order valence-electron chi connectivity index (χ2n) is 6.86. The maximum atomic E-state index is 12.2. The summed E-state index contributed by atoms with van der Waals surface area (Å²) >= 11 is 0. The number of hydrogen-bond donors (Lipinski definition) is 2. The van der Waals surface area contributed by atoms with E-state index in [9.17, 15) is 9.90 Å². The molecule has 0 aliphatic heterocycles. The van der Waals surface area contributed by atoms with Crippen molar-refractivity contribution in [2.75, 3.05) is 13.7 Å². The molecule has 126 valence electrons. The van der Waals surface area contributed by atoms with Crippen molar-refractivity contribution in [2.45, 2.75) is 39.8 Å². The molecule has 0 aliphatic carbocycles. The van der Waals surface area contributed by atoms with Gasteiger partial charge in [-0.25, -0.2) is 0 Å². The van der Waals surface area contributed by atoms with Crippen molar-refractivity contribution in [1.82, 2.24) is 9.88 Å². The van der Waals surface area contributed by atoms with E-state index in [4.69, 9.17) is 4.74 Å². The molecule has 0 saturated heterocycles. The van der Waals surface area contributed by atoms with Gasteiger partial charge in [0.1, 0.15) is 12.3 Å². The van der Waals surface area contributed by atoms with Crippen molar-refractivity contribution in [3.63, 3.8) is 0 Å². The fraction of sp³-hybridized carbons (Fsp3) is 0.500. The van der Waals surface area contributed by atoms with E-state index in [2.05, 4.69) is 5.32 Å². The Morgan fingerprint density at radius 3 is 2.78 bits per heavy atom. The molecule has 1 heterocycles. The number of nitrogens with one attached hydrogen (secondary N) is 1. The number of carbonyl (C=O) groups is 1. The highest BCUT2D eigenvalue weighted by Gasteiger charge is 2.21. The topological polar surface area (TPSA) is 63.5 Å². The summed E-state index contributed by atoms with van der Waals surface area (Å²) in [4.78, 5) is 12.2. The molecule has 1 unspecified atom stereocenters. The molecule has 2 rings (SSSR count). The van der Waals surface area contributed by atoms with Crippen LogP contribution in [0, 0.1) is 5.41 Å². The lowest BCUT2D eigenvalue weighted by Gasteiger charge is -2.26. The van der Waals surface area contributed by atoms with Crippen molar-refractivity contribution in [2.24, 2.45) is 5.41 Å². The number of aromatic nitrogens is 1. The van der Waals surface area contributed by atoms with Crippen LogP contribution in [-0.4, -0.2) is 35.3 Å². The lowest BCUT2D eigenvalue weighted by atomic mass is 9.87. The van der Waals surface area contributed by atoms with Gasteiger partial charge in [-0.3, -0.25) is 4.79 Å². The third-order valence-electron chi connectivity index (χ3n) is 3.90. The molecule has 23 heavy (non-hydrogen) atoms. The van der Waals surface area contributed by atoms with Crippen molar-refractivity contribution >= 4 is 16.8 Å². The first-order valence-electron chi connectivity index (χ1n) is 7.88. The Hall–Kier alpha value is -2.01. The van der Waals surface area contributed by atoms with Gasteiger partial charge in [-0.15, -0.1) is 0 Å². The molecule has 0 spiro atoms. The second kappa shape index (κ2) is 7.04. The molecule has 0 saturated carbocycles. The van der Waals surface area contributed by atoms with E-state index in [0.29, 0.717) is 13.0 Å². The maximum absolute atomic E-state index is 12.2. The first-order chi connectivity index (χ1) is 10.8. The van der Waals surface area contributed by atoms with Crippen LogP contribution in [0.5, 0.6) is 5.75 Å². The Labute approximate surface area is 137 Å². The number of aliphatic hydroxyl groups is 1. The number of hydrogen-bond acceptors (Lipinski definition) is 3. The van der Waals surface area contributed by atoms with Gasteiger partial charge in [0.15, 0.2) is 0 Å². The zero-order chi connectivity index (χ0) is 17.0. The van der Waals surface area contributed by atoms with Crippen LogP contribution in [0.1, 0.15) is 27.2 Å². The molecule has 1 atom stereocenters. The molecule has 0 aliphatic rings. The number of nitrogens with zero attached hydrogens (tertiary/aromatic N) is 1. The van der Waals surface area contributed by atoms with Crippen LogP contribution in [0.4, 0.5) is 0 Å². The van der Waals surface area contributed by atoms with Crippen molar-refractivity contribution in [3.8, 4) is 5.75 Å². The van der Waals surface area contributed by atoms with Crippen LogP contribution < -0.4 is 10.1 Å². The lowest BCUT2D eigenvalue weighted by Crippen LogP contribution is -2.37. The van der Waals surface area contributed by atoms with Gasteiger partial charge in [-0.1, -0.05) is 13.8 Å². The van der Waals surface area contributed by atoms with Crippen LogP contribution in [-0.2, 0) is 11.3 Å². The smallest absolute Gasteiger partial charge is 0.239 e. The van der Waals surface area contributed by atoms with Crippen molar-refractivity contribution in [3.05, 3.63) is 30.5 Å². The van der Waals surface area contributed by atoms with Gasteiger partial charge in [0, 0.05) is 23.6 Å². The molecule has 1 aromatic heterocycles. The van der Waals surface area contributed by atoms with Crippen LogP contribution in [0.15, 0.2) is 30.5 Å². The predicted octanol–water partition coefficient (Wildman–Crippen LogP) is 2.56. The number of methoxy groups -OCH3 is 1. The van der Waals surface area contributed by atoms with E-state index in [1.54, 1.807) is 14.0 Å². The lowest BCUT2D eigenvalue weighted by molar-refractivity contribution is -0.122. The molecular formula is C18H26N2O3. The summed E-state index contributed by atoms with van der Waals surface area (Å²) < 4.78 is 7.13. The average Bonchev–Trinajstić information content (AvgIpc) is 2.86. The molecule has 5 heteroatoms. The molecule has 1 aromatic carbocycles. The zero-order valence-corrected chi connectivity index (χ0v) is 14.3. The molecule has 0 radical (unpaired) electrons. The normalized spacial score (nSPS) is 13.1. The number of benzene rings is 1. The van der Waals surface area contributed by atoms with Crippen LogP contribution in [0.3, 0.4) is 0 Å². The number of ether oxygens (including phenoxy) is 1. The van der Waals surface area contributed by atoms with Crippen molar-refractivity contribution < 1.29 is 14.6 Å². The predicted molar refractivity (Wildman–Crippen MR) is 91.6 cm³/mol. The summed E-state index contributed by atoms with van der Waals surface area (Å²) in [5.74, 6) is 0.775. The first-order valence-corrected chi connectivity index (χ1v) is 7.88. The van der Waals surface area contributed by atoms with E-state index < -0.39 is 0 Å². The fourth-order valence-electron chi connectivity index (χ4n) is 2.86. The van der Waals surface area contributed by atoms with Gasteiger partial charge in [-0.2, -0.15) is 0 Å². The second-order valence-corrected chi connectivity index (χ2v) is 6.86. The van der Waals surface area contributed by atoms with Gasteiger partial charge < -0.3 is 19.7 Å². The van der Waals surface area contributed by atoms with E-state index in [-0.39, 0.29) is 24.0 Å². The molecule has 1 amide bonds.